The van der Waals surface area contributed by atoms with E-state index in [1.165, 1.54) is 12.1 Å². The van der Waals surface area contributed by atoms with Gasteiger partial charge in [0, 0.05) is 24.2 Å². The maximum Gasteiger partial charge on any atom is 0.167 e. The summed E-state index contributed by atoms with van der Waals surface area (Å²) in [4.78, 5) is 0. The van der Waals surface area contributed by atoms with E-state index < -0.39 is 11.6 Å². The zero-order chi connectivity index (χ0) is 19.9. The predicted molar refractivity (Wildman–Crippen MR) is 107 cm³/mol. The Labute approximate surface area is 163 Å². The predicted octanol–water partition coefficient (Wildman–Crippen LogP) is 5.37. The van der Waals surface area contributed by atoms with Crippen LogP contribution in [0.5, 0.6) is 11.5 Å². The van der Waals surface area contributed by atoms with E-state index in [4.69, 9.17) is 9.47 Å². The second-order valence-corrected chi connectivity index (χ2v) is 6.42. The molecule has 0 radical (unpaired) electrons. The van der Waals surface area contributed by atoms with Crippen molar-refractivity contribution in [2.45, 2.75) is 13.0 Å². The summed E-state index contributed by atoms with van der Waals surface area (Å²) >= 11 is 0. The first-order chi connectivity index (χ1) is 13.6. The Hall–Kier alpha value is -2.92. The molecule has 3 aromatic rings. The number of hydrogen-bond acceptors (Lipinski definition) is 3. The molecule has 0 amide bonds. The lowest BCUT2D eigenvalue weighted by molar-refractivity contribution is 0.292. The molecule has 3 rings (SSSR count). The monoisotopic (exact) mass is 383 g/mol. The Morgan fingerprint density at radius 2 is 1.68 bits per heavy atom. The van der Waals surface area contributed by atoms with E-state index in [1.807, 2.05) is 24.3 Å². The number of para-hydroxylation sites is 1. The quantitative estimate of drug-likeness (QED) is 0.531. The zero-order valence-electron chi connectivity index (χ0n) is 15.9. The smallest absolute Gasteiger partial charge is 0.167 e. The first-order valence-corrected chi connectivity index (χ1v) is 9.13. The fraction of sp³-hybridized carbons (Fsp3) is 0.217. The summed E-state index contributed by atoms with van der Waals surface area (Å²) in [6.45, 7) is 2.87. The fourth-order valence-electron chi connectivity index (χ4n) is 2.98. The molecule has 5 heteroatoms. The van der Waals surface area contributed by atoms with Crippen molar-refractivity contribution in [2.75, 3.05) is 20.3 Å². The van der Waals surface area contributed by atoms with Crippen LogP contribution in [0.1, 0.15) is 18.5 Å². The van der Waals surface area contributed by atoms with Crippen LogP contribution in [0.25, 0.3) is 11.1 Å². The van der Waals surface area contributed by atoms with Crippen molar-refractivity contribution in [3.05, 3.63) is 83.9 Å². The van der Waals surface area contributed by atoms with Crippen LogP contribution in [-0.4, -0.2) is 20.3 Å². The van der Waals surface area contributed by atoms with Crippen LogP contribution in [0.2, 0.25) is 0 Å². The molecule has 3 aromatic carbocycles. The molecule has 0 aromatic heterocycles. The van der Waals surface area contributed by atoms with Crippen molar-refractivity contribution in [3.8, 4) is 22.6 Å². The van der Waals surface area contributed by atoms with Crippen LogP contribution >= 0.6 is 0 Å². The van der Waals surface area contributed by atoms with Gasteiger partial charge in [-0.15, -0.1) is 0 Å². The number of benzene rings is 3. The van der Waals surface area contributed by atoms with E-state index in [2.05, 4.69) is 36.5 Å². The third-order valence-electron chi connectivity index (χ3n) is 4.53. The minimum atomic E-state index is -0.694. The van der Waals surface area contributed by atoms with E-state index >= 15 is 0 Å². The summed E-state index contributed by atoms with van der Waals surface area (Å²) in [6.07, 6.45) is 0. The lowest BCUT2D eigenvalue weighted by Crippen LogP contribution is -2.24. The highest BCUT2D eigenvalue weighted by atomic mass is 19.1. The SMILES string of the molecule is COc1ccccc1-c1ccc(C(C)NCCOc2ccc(F)cc2F)cc1. The Kier molecular flexibility index (Phi) is 6.61. The van der Waals surface area contributed by atoms with Crippen LogP contribution in [0.3, 0.4) is 0 Å². The molecule has 0 saturated carbocycles. The maximum absolute atomic E-state index is 13.5. The normalized spacial score (nSPS) is 11.9. The summed E-state index contributed by atoms with van der Waals surface area (Å²) in [5.74, 6) is -0.420. The fourth-order valence-corrected chi connectivity index (χ4v) is 2.98. The highest BCUT2D eigenvalue weighted by molar-refractivity contribution is 5.70. The number of halogens is 2. The van der Waals surface area contributed by atoms with Gasteiger partial charge in [-0.05, 0) is 36.2 Å². The molecule has 0 aliphatic heterocycles. The molecule has 0 spiro atoms. The Morgan fingerprint density at radius 1 is 0.929 bits per heavy atom. The van der Waals surface area contributed by atoms with Gasteiger partial charge >= 0.3 is 0 Å². The number of ether oxygens (including phenoxy) is 2. The Bertz CT molecular complexity index is 913. The first-order valence-electron chi connectivity index (χ1n) is 9.13. The van der Waals surface area contributed by atoms with E-state index in [1.54, 1.807) is 7.11 Å². The Morgan fingerprint density at radius 3 is 2.39 bits per heavy atom. The summed E-state index contributed by atoms with van der Waals surface area (Å²) in [5, 5.41) is 3.34. The van der Waals surface area contributed by atoms with E-state index in [-0.39, 0.29) is 18.4 Å². The second-order valence-electron chi connectivity index (χ2n) is 6.42. The van der Waals surface area contributed by atoms with Crippen molar-refractivity contribution >= 4 is 0 Å². The van der Waals surface area contributed by atoms with E-state index in [0.717, 1.165) is 28.5 Å². The molecule has 146 valence electrons. The van der Waals surface area contributed by atoms with Crippen LogP contribution in [-0.2, 0) is 0 Å². The lowest BCUT2D eigenvalue weighted by atomic mass is 10.0. The molecular formula is C23H23F2NO2. The molecule has 0 saturated heterocycles. The summed E-state index contributed by atoms with van der Waals surface area (Å²) in [7, 11) is 1.67. The van der Waals surface area contributed by atoms with Gasteiger partial charge in [0.25, 0.3) is 0 Å². The molecule has 0 heterocycles. The van der Waals surface area contributed by atoms with Gasteiger partial charge in [0.1, 0.15) is 18.2 Å². The van der Waals surface area contributed by atoms with Crippen LogP contribution in [0.4, 0.5) is 8.78 Å². The molecule has 1 N–H and O–H groups in total. The van der Waals surface area contributed by atoms with Crippen molar-refractivity contribution in [2.24, 2.45) is 0 Å². The highest BCUT2D eigenvalue weighted by Crippen LogP contribution is 2.30. The number of nitrogens with one attached hydrogen (secondary N) is 1. The van der Waals surface area contributed by atoms with E-state index in [0.29, 0.717) is 6.54 Å². The third kappa shape index (κ3) is 4.87. The maximum atomic E-state index is 13.5. The topological polar surface area (TPSA) is 30.5 Å². The van der Waals surface area contributed by atoms with Crippen molar-refractivity contribution < 1.29 is 18.3 Å². The summed E-state index contributed by atoms with van der Waals surface area (Å²) in [5.41, 5.74) is 3.27. The van der Waals surface area contributed by atoms with Gasteiger partial charge in [0.05, 0.1) is 7.11 Å². The average Bonchev–Trinajstić information content (AvgIpc) is 2.72. The molecule has 1 atom stereocenters. The molecule has 0 bridgehead atoms. The van der Waals surface area contributed by atoms with Gasteiger partial charge < -0.3 is 14.8 Å². The lowest BCUT2D eigenvalue weighted by Gasteiger charge is -2.16. The van der Waals surface area contributed by atoms with Gasteiger partial charge in [0.15, 0.2) is 11.6 Å². The van der Waals surface area contributed by atoms with Gasteiger partial charge in [-0.3, -0.25) is 0 Å². The molecule has 1 unspecified atom stereocenters. The van der Waals surface area contributed by atoms with Gasteiger partial charge in [-0.2, -0.15) is 0 Å². The van der Waals surface area contributed by atoms with Gasteiger partial charge in [-0.1, -0.05) is 42.5 Å². The molecule has 3 nitrogen and oxygen atoms in total. The molecule has 28 heavy (non-hydrogen) atoms. The average molecular weight is 383 g/mol. The second kappa shape index (κ2) is 9.33. The largest absolute Gasteiger partial charge is 0.496 e. The molecule has 0 fully saturated rings. The van der Waals surface area contributed by atoms with Crippen molar-refractivity contribution in [3.63, 3.8) is 0 Å². The number of hydrogen-bond donors (Lipinski definition) is 1. The van der Waals surface area contributed by atoms with Crippen molar-refractivity contribution in [1.82, 2.24) is 5.32 Å². The summed E-state index contributed by atoms with van der Waals surface area (Å²) in [6, 6.07) is 19.6. The molecule has 0 aliphatic rings. The first kappa shape index (κ1) is 19.8. The number of methoxy groups -OCH3 is 1. The molecule has 0 aliphatic carbocycles. The summed E-state index contributed by atoms with van der Waals surface area (Å²) < 4.78 is 37.2. The number of rotatable bonds is 8. The Balaban J connectivity index is 1.54. The van der Waals surface area contributed by atoms with Crippen LogP contribution < -0.4 is 14.8 Å². The standard InChI is InChI=1S/C23H23F2NO2/c1-16(26-13-14-28-23-12-11-19(24)15-21(23)25)17-7-9-18(10-8-17)20-5-3-4-6-22(20)27-2/h3-12,15-16,26H,13-14H2,1-2H3. The van der Waals surface area contributed by atoms with Gasteiger partial charge in [0.2, 0.25) is 0 Å². The van der Waals surface area contributed by atoms with Crippen LogP contribution in [0, 0.1) is 11.6 Å². The minimum Gasteiger partial charge on any atom is -0.496 e. The highest BCUT2D eigenvalue weighted by Gasteiger charge is 2.09. The third-order valence-corrected chi connectivity index (χ3v) is 4.53. The van der Waals surface area contributed by atoms with Crippen LogP contribution in [0.15, 0.2) is 66.7 Å². The van der Waals surface area contributed by atoms with E-state index in [9.17, 15) is 8.78 Å². The van der Waals surface area contributed by atoms with Crippen molar-refractivity contribution in [1.29, 1.82) is 0 Å². The molecular weight excluding hydrogens is 360 g/mol. The minimum absolute atomic E-state index is 0.0528. The zero-order valence-corrected chi connectivity index (χ0v) is 15.9. The van der Waals surface area contributed by atoms with Gasteiger partial charge in [-0.25, -0.2) is 8.78 Å².